The summed E-state index contributed by atoms with van der Waals surface area (Å²) in [7, 11) is 0. The van der Waals surface area contributed by atoms with Crippen LogP contribution in [-0.2, 0) is 14.3 Å². The van der Waals surface area contributed by atoms with Crippen molar-refractivity contribution in [3.63, 3.8) is 0 Å². The van der Waals surface area contributed by atoms with E-state index in [1.807, 2.05) is 0 Å². The molecule has 0 saturated heterocycles. The molecule has 0 radical (unpaired) electrons. The molecule has 0 bridgehead atoms. The molecule has 2 aromatic rings. The van der Waals surface area contributed by atoms with E-state index < -0.39 is 42.8 Å². The van der Waals surface area contributed by atoms with Crippen molar-refractivity contribution in [2.45, 2.75) is 37.6 Å². The Morgan fingerprint density at radius 2 is 2.08 bits per heavy atom. The van der Waals surface area contributed by atoms with E-state index in [4.69, 9.17) is 23.2 Å². The predicted molar refractivity (Wildman–Crippen MR) is 89.6 cm³/mol. The van der Waals surface area contributed by atoms with Crippen LogP contribution in [-0.4, -0.2) is 66.5 Å². The number of hydrogen-bond acceptors (Lipinski definition) is 8. The van der Waals surface area contributed by atoms with Gasteiger partial charge in [-0.2, -0.15) is 4.98 Å². The van der Waals surface area contributed by atoms with Crippen LogP contribution in [0.25, 0.3) is 11.2 Å². The molecule has 1 amide bonds. The Balaban J connectivity index is 1.80. The van der Waals surface area contributed by atoms with Crippen LogP contribution >= 0.6 is 23.2 Å². The summed E-state index contributed by atoms with van der Waals surface area (Å²) in [6.45, 7) is 0.714. The second kappa shape index (κ2) is 7.31. The Kier molecular flexibility index (Phi) is 5.28. The quantitative estimate of drug-likeness (QED) is 0.363. The number of fused-ring (bicyclic) bond motifs is 1. The van der Waals surface area contributed by atoms with Gasteiger partial charge in [-0.1, -0.05) is 11.6 Å². The number of amides is 1. The third-order valence-electron chi connectivity index (χ3n) is 4.11. The average molecular weight is 404 g/mol. The van der Waals surface area contributed by atoms with E-state index in [1.165, 1.54) is 17.8 Å². The lowest BCUT2D eigenvalue weighted by atomic mass is 10.2. The molecule has 0 unspecified atom stereocenters. The minimum Gasteiger partial charge on any atom is -0.456 e. The molecule has 4 atom stereocenters. The molecule has 140 valence electrons. The first-order chi connectivity index (χ1) is 12.3. The number of rotatable bonds is 4. The monoisotopic (exact) mass is 403 g/mol. The molecule has 0 aliphatic heterocycles. The Morgan fingerprint density at radius 3 is 2.77 bits per heavy atom. The van der Waals surface area contributed by atoms with Crippen LogP contribution in [0.2, 0.25) is 10.4 Å². The molecule has 1 fully saturated rings. The molecule has 26 heavy (non-hydrogen) atoms. The zero-order valence-corrected chi connectivity index (χ0v) is 15.0. The van der Waals surface area contributed by atoms with Crippen LogP contribution < -0.4 is 5.32 Å². The molecule has 3 rings (SSSR count). The van der Waals surface area contributed by atoms with Gasteiger partial charge in [-0.25, -0.2) is 9.97 Å². The molecule has 0 aromatic carbocycles. The Hall–Kier alpha value is -2.01. The van der Waals surface area contributed by atoms with Crippen molar-refractivity contribution in [2.75, 3.05) is 6.61 Å². The number of esters is 1. The number of carbonyl (C=O) groups is 2. The van der Waals surface area contributed by atoms with E-state index in [0.717, 1.165) is 0 Å². The molecule has 10 nitrogen and oxygen atoms in total. The highest BCUT2D eigenvalue weighted by atomic mass is 35.5. The van der Waals surface area contributed by atoms with Crippen molar-refractivity contribution >= 4 is 46.2 Å². The first-order valence-corrected chi connectivity index (χ1v) is 8.38. The Bertz CT molecular complexity index is 860. The van der Waals surface area contributed by atoms with Gasteiger partial charge in [0.05, 0.1) is 18.4 Å². The van der Waals surface area contributed by atoms with E-state index in [2.05, 4.69) is 25.0 Å². The lowest BCUT2D eigenvalue weighted by molar-refractivity contribution is -0.146. The fraction of sp³-hybridized carbons (Fsp3) is 0.500. The number of aliphatic hydroxyl groups is 2. The minimum absolute atomic E-state index is 0.0676. The zero-order valence-electron chi connectivity index (χ0n) is 13.5. The maximum atomic E-state index is 11.8. The Labute approximate surface area is 157 Å². The van der Waals surface area contributed by atoms with Crippen LogP contribution in [0.1, 0.15) is 19.4 Å². The summed E-state index contributed by atoms with van der Waals surface area (Å²) < 4.78 is 6.13. The number of carbonyl (C=O) groups excluding carboxylic acids is 2. The lowest BCUT2D eigenvalue weighted by Crippen LogP contribution is -2.44. The first-order valence-electron chi connectivity index (χ1n) is 7.62. The molecule has 1 aliphatic carbocycles. The van der Waals surface area contributed by atoms with Crippen molar-refractivity contribution in [1.29, 1.82) is 0 Å². The third kappa shape index (κ3) is 3.58. The zero-order chi connectivity index (χ0) is 19.0. The summed E-state index contributed by atoms with van der Waals surface area (Å²) in [6.07, 6.45) is -0.824. The van der Waals surface area contributed by atoms with Crippen LogP contribution in [0.3, 0.4) is 0 Å². The summed E-state index contributed by atoms with van der Waals surface area (Å²) in [5.74, 6) is -1.18. The molecule has 1 aliphatic rings. The molecule has 12 heteroatoms. The van der Waals surface area contributed by atoms with Gasteiger partial charge in [0, 0.05) is 6.92 Å². The molecule has 2 aromatic heterocycles. The van der Waals surface area contributed by atoms with E-state index in [1.54, 1.807) is 0 Å². The van der Waals surface area contributed by atoms with E-state index in [0.29, 0.717) is 11.2 Å². The minimum atomic E-state index is -1.23. The molecule has 3 N–H and O–H groups in total. The third-order valence-corrected chi connectivity index (χ3v) is 4.55. The molecular weight excluding hydrogens is 389 g/mol. The number of aromatic nitrogens is 4. The Morgan fingerprint density at radius 1 is 1.35 bits per heavy atom. The predicted octanol–water partition coefficient (Wildman–Crippen LogP) is -0.152. The van der Waals surface area contributed by atoms with Crippen LogP contribution in [0.4, 0.5) is 0 Å². The average Bonchev–Trinajstić information content (AvgIpc) is 3.09. The van der Waals surface area contributed by atoms with Crippen molar-refractivity contribution in [2.24, 2.45) is 0 Å². The first kappa shape index (κ1) is 18.8. The summed E-state index contributed by atoms with van der Waals surface area (Å²) >= 11 is 11.8. The SMILES string of the molecule is CC(=O)OCC(=O)N[C@H]1C[C@@H](n2cnc3c(Cl)nc(Cl)nc32)[C@H](O)[C@@H]1O. The van der Waals surface area contributed by atoms with Crippen LogP contribution in [0, 0.1) is 0 Å². The number of hydrogen-bond donors (Lipinski definition) is 3. The van der Waals surface area contributed by atoms with Crippen molar-refractivity contribution in [3.8, 4) is 0 Å². The van der Waals surface area contributed by atoms with Gasteiger partial charge in [0.25, 0.3) is 5.91 Å². The van der Waals surface area contributed by atoms with E-state index >= 15 is 0 Å². The fourth-order valence-corrected chi connectivity index (χ4v) is 3.36. The number of nitrogens with one attached hydrogen (secondary N) is 1. The second-order valence-corrected chi connectivity index (χ2v) is 6.54. The van der Waals surface area contributed by atoms with Gasteiger partial charge in [-0.15, -0.1) is 0 Å². The van der Waals surface area contributed by atoms with Gasteiger partial charge in [0.2, 0.25) is 5.28 Å². The highest BCUT2D eigenvalue weighted by Gasteiger charge is 2.43. The van der Waals surface area contributed by atoms with Crippen molar-refractivity contribution in [1.82, 2.24) is 24.8 Å². The molecule has 1 saturated carbocycles. The summed E-state index contributed by atoms with van der Waals surface area (Å²) in [4.78, 5) is 34.5. The standard InChI is InChI=1S/C14H15Cl2N5O5/c1-5(22)26-3-8(23)18-6-2-7(11(25)10(6)24)21-4-17-9-12(15)19-14(16)20-13(9)21/h4,6-7,10-11,24-25H,2-3H2,1H3,(H,18,23)/t6-,7+,10+,11-/m0/s1. The largest absolute Gasteiger partial charge is 0.456 e. The van der Waals surface area contributed by atoms with E-state index in [9.17, 15) is 19.8 Å². The van der Waals surface area contributed by atoms with Gasteiger partial charge < -0.3 is 24.8 Å². The maximum Gasteiger partial charge on any atom is 0.303 e. The van der Waals surface area contributed by atoms with Gasteiger partial charge in [-0.05, 0) is 18.0 Å². The molecule has 0 spiro atoms. The smallest absolute Gasteiger partial charge is 0.303 e. The normalized spacial score (nSPS) is 25.4. The van der Waals surface area contributed by atoms with Crippen molar-refractivity contribution in [3.05, 3.63) is 16.8 Å². The van der Waals surface area contributed by atoms with Gasteiger partial charge in [0.1, 0.15) is 17.7 Å². The van der Waals surface area contributed by atoms with Crippen LogP contribution in [0.5, 0.6) is 0 Å². The van der Waals surface area contributed by atoms with E-state index in [-0.39, 0.29) is 16.9 Å². The fourth-order valence-electron chi connectivity index (χ4n) is 2.94. The number of imidazole rings is 1. The number of ether oxygens (including phenoxy) is 1. The molecule has 2 heterocycles. The number of aliphatic hydroxyl groups excluding tert-OH is 2. The topological polar surface area (TPSA) is 139 Å². The summed E-state index contributed by atoms with van der Waals surface area (Å²) in [6, 6.07) is -1.38. The number of halogens is 2. The summed E-state index contributed by atoms with van der Waals surface area (Å²) in [5, 5.41) is 23.1. The van der Waals surface area contributed by atoms with Gasteiger partial charge in [0.15, 0.2) is 17.4 Å². The highest BCUT2D eigenvalue weighted by Crippen LogP contribution is 2.34. The lowest BCUT2D eigenvalue weighted by Gasteiger charge is -2.18. The van der Waals surface area contributed by atoms with Gasteiger partial charge in [-0.3, -0.25) is 9.59 Å². The van der Waals surface area contributed by atoms with Crippen LogP contribution in [0.15, 0.2) is 6.33 Å². The maximum absolute atomic E-state index is 11.8. The van der Waals surface area contributed by atoms with Crippen molar-refractivity contribution < 1.29 is 24.5 Å². The summed E-state index contributed by atoms with van der Waals surface area (Å²) in [5.41, 5.74) is 0.609. The van der Waals surface area contributed by atoms with Gasteiger partial charge >= 0.3 is 5.97 Å². The highest BCUT2D eigenvalue weighted by molar-refractivity contribution is 6.35. The second-order valence-electron chi connectivity index (χ2n) is 5.85. The number of nitrogens with zero attached hydrogens (tertiary/aromatic N) is 4. The molecular formula is C14H15Cl2N5O5.